The van der Waals surface area contributed by atoms with Gasteiger partial charge in [0.25, 0.3) is 0 Å². The summed E-state index contributed by atoms with van der Waals surface area (Å²) >= 11 is 1.62. The molecule has 0 amide bonds. The van der Waals surface area contributed by atoms with Gasteiger partial charge in [0.1, 0.15) is 5.82 Å². The van der Waals surface area contributed by atoms with Crippen molar-refractivity contribution >= 4 is 35.0 Å². The SMILES string of the molecule is C[C@H](Nc1nc(Nc2cc(-c3cccs3)[nH]n2)nc(N2CCOCC2)n1)c1ncc(F)cn1. The average Bonchev–Trinajstić information content (AvgIpc) is 3.52. The Hall–Kier alpha value is -3.71. The van der Waals surface area contributed by atoms with E-state index in [0.717, 1.165) is 23.0 Å². The van der Waals surface area contributed by atoms with Crippen LogP contribution in [0.2, 0.25) is 0 Å². The van der Waals surface area contributed by atoms with Crippen molar-refractivity contribution in [3.8, 4) is 10.6 Å². The van der Waals surface area contributed by atoms with Crippen LogP contribution >= 0.6 is 11.3 Å². The fourth-order valence-corrected chi connectivity index (χ4v) is 3.94. The maximum Gasteiger partial charge on any atom is 0.235 e. The van der Waals surface area contributed by atoms with E-state index in [2.05, 4.69) is 45.8 Å². The number of hydrogen-bond donors (Lipinski definition) is 3. The Bertz CT molecular complexity index is 1190. The first-order valence-corrected chi connectivity index (χ1v) is 11.2. The largest absolute Gasteiger partial charge is 0.378 e. The molecule has 170 valence electrons. The second-order valence-corrected chi connectivity index (χ2v) is 8.22. The number of aromatic nitrogens is 7. The second-order valence-electron chi connectivity index (χ2n) is 7.28. The quantitative estimate of drug-likeness (QED) is 0.372. The fourth-order valence-electron chi connectivity index (χ4n) is 3.25. The van der Waals surface area contributed by atoms with E-state index >= 15 is 0 Å². The fraction of sp³-hybridized carbons (Fsp3) is 0.300. The van der Waals surface area contributed by atoms with Crippen LogP contribution < -0.4 is 15.5 Å². The molecule has 33 heavy (non-hydrogen) atoms. The topological polar surface area (TPSA) is 130 Å². The van der Waals surface area contributed by atoms with E-state index in [1.54, 1.807) is 11.3 Å². The molecule has 1 atom stereocenters. The predicted octanol–water partition coefficient (Wildman–Crippen LogP) is 3.01. The molecule has 0 saturated carbocycles. The smallest absolute Gasteiger partial charge is 0.235 e. The van der Waals surface area contributed by atoms with E-state index < -0.39 is 5.82 Å². The van der Waals surface area contributed by atoms with E-state index in [-0.39, 0.29) is 6.04 Å². The van der Waals surface area contributed by atoms with Crippen molar-refractivity contribution in [3.05, 3.63) is 47.6 Å². The van der Waals surface area contributed by atoms with Crippen LogP contribution in [0.1, 0.15) is 18.8 Å². The molecule has 4 aromatic heterocycles. The summed E-state index contributed by atoms with van der Waals surface area (Å²) in [6.45, 7) is 4.38. The Labute approximate surface area is 192 Å². The molecule has 1 fully saturated rings. The summed E-state index contributed by atoms with van der Waals surface area (Å²) in [5, 5.41) is 15.7. The van der Waals surface area contributed by atoms with Crippen LogP contribution in [0.3, 0.4) is 0 Å². The molecule has 13 heteroatoms. The van der Waals surface area contributed by atoms with E-state index in [4.69, 9.17) is 4.74 Å². The molecule has 4 aromatic rings. The molecule has 11 nitrogen and oxygen atoms in total. The van der Waals surface area contributed by atoms with Crippen LogP contribution in [-0.4, -0.2) is 61.4 Å². The summed E-state index contributed by atoms with van der Waals surface area (Å²) < 4.78 is 18.6. The number of ether oxygens (including phenoxy) is 1. The van der Waals surface area contributed by atoms with E-state index in [0.29, 0.717) is 55.8 Å². The van der Waals surface area contributed by atoms with E-state index in [1.807, 2.05) is 35.4 Å². The second kappa shape index (κ2) is 9.42. The van der Waals surface area contributed by atoms with Gasteiger partial charge in [-0.1, -0.05) is 6.07 Å². The molecule has 0 bridgehead atoms. The number of rotatable bonds is 7. The third kappa shape index (κ3) is 5.04. The zero-order valence-electron chi connectivity index (χ0n) is 17.7. The van der Waals surface area contributed by atoms with Gasteiger partial charge >= 0.3 is 0 Å². The first kappa shape index (κ1) is 21.2. The van der Waals surface area contributed by atoms with Crippen LogP contribution in [-0.2, 0) is 4.74 Å². The van der Waals surface area contributed by atoms with Gasteiger partial charge in [-0.3, -0.25) is 5.10 Å². The highest BCUT2D eigenvalue weighted by Gasteiger charge is 2.19. The molecule has 0 radical (unpaired) electrons. The first-order chi connectivity index (χ1) is 16.1. The lowest BCUT2D eigenvalue weighted by molar-refractivity contribution is 0.122. The third-order valence-electron chi connectivity index (χ3n) is 4.90. The van der Waals surface area contributed by atoms with Gasteiger partial charge < -0.3 is 20.3 Å². The van der Waals surface area contributed by atoms with E-state index in [9.17, 15) is 4.39 Å². The molecule has 3 N–H and O–H groups in total. The maximum absolute atomic E-state index is 13.2. The highest BCUT2D eigenvalue weighted by Crippen LogP contribution is 2.26. The Balaban J connectivity index is 1.40. The van der Waals surface area contributed by atoms with Gasteiger partial charge in [0.05, 0.1) is 42.2 Å². The lowest BCUT2D eigenvalue weighted by Gasteiger charge is -2.27. The van der Waals surface area contributed by atoms with Crippen LogP contribution in [0.5, 0.6) is 0 Å². The third-order valence-corrected chi connectivity index (χ3v) is 5.80. The van der Waals surface area contributed by atoms with Crippen molar-refractivity contribution in [2.75, 3.05) is 41.8 Å². The Morgan fingerprint density at radius 2 is 1.94 bits per heavy atom. The number of thiophene rings is 1. The van der Waals surface area contributed by atoms with Gasteiger partial charge in [0.15, 0.2) is 11.6 Å². The summed E-state index contributed by atoms with van der Waals surface area (Å²) in [6.07, 6.45) is 2.26. The number of halogens is 1. The lowest BCUT2D eigenvalue weighted by atomic mass is 10.3. The number of nitrogens with one attached hydrogen (secondary N) is 3. The molecule has 1 aliphatic rings. The molecule has 1 saturated heterocycles. The lowest BCUT2D eigenvalue weighted by Crippen LogP contribution is -2.37. The van der Waals surface area contributed by atoms with Crippen LogP contribution in [0.15, 0.2) is 36.0 Å². The van der Waals surface area contributed by atoms with Crippen molar-refractivity contribution in [1.29, 1.82) is 0 Å². The number of nitrogens with zero attached hydrogens (tertiary/aromatic N) is 7. The predicted molar refractivity (Wildman–Crippen MR) is 122 cm³/mol. The van der Waals surface area contributed by atoms with Crippen molar-refractivity contribution in [1.82, 2.24) is 35.1 Å². The van der Waals surface area contributed by atoms with Gasteiger partial charge in [-0.15, -0.1) is 11.3 Å². The summed E-state index contributed by atoms with van der Waals surface area (Å²) in [6, 6.07) is 5.54. The molecule has 0 spiro atoms. The zero-order chi connectivity index (χ0) is 22.6. The van der Waals surface area contributed by atoms with Crippen LogP contribution in [0, 0.1) is 5.82 Å². The van der Waals surface area contributed by atoms with Gasteiger partial charge in [-0.2, -0.15) is 20.1 Å². The van der Waals surface area contributed by atoms with Crippen molar-refractivity contribution < 1.29 is 9.13 Å². The Kier molecular flexibility index (Phi) is 6.04. The number of aromatic amines is 1. The number of H-pyrrole nitrogens is 1. The molecule has 5 rings (SSSR count). The summed E-state index contributed by atoms with van der Waals surface area (Å²) in [7, 11) is 0. The first-order valence-electron chi connectivity index (χ1n) is 10.3. The van der Waals surface area contributed by atoms with Crippen molar-refractivity contribution in [3.63, 3.8) is 0 Å². The number of hydrogen-bond acceptors (Lipinski definition) is 11. The number of anilines is 4. The van der Waals surface area contributed by atoms with Crippen LogP contribution in [0.25, 0.3) is 10.6 Å². The molecule has 0 unspecified atom stereocenters. The standard InChI is InChI=1S/C20H21FN10OS/c1-12(17-22-10-13(21)11-23-17)24-18-26-19(28-20(27-18)31-4-6-32-7-5-31)25-16-9-14(29-30-16)15-3-2-8-33-15/h2-3,8-12H,4-7H2,1H3,(H3,24,25,26,27,28,29,30)/t12-/m0/s1. The Morgan fingerprint density at radius 3 is 2.70 bits per heavy atom. The van der Waals surface area contributed by atoms with Crippen molar-refractivity contribution in [2.24, 2.45) is 0 Å². The van der Waals surface area contributed by atoms with Gasteiger partial charge in [-0.05, 0) is 18.4 Å². The minimum atomic E-state index is -0.492. The molecule has 0 aromatic carbocycles. The van der Waals surface area contributed by atoms with Gasteiger partial charge in [0, 0.05) is 19.2 Å². The highest BCUT2D eigenvalue weighted by molar-refractivity contribution is 7.13. The summed E-state index contributed by atoms with van der Waals surface area (Å²) in [5.41, 5.74) is 0.899. The zero-order valence-corrected chi connectivity index (χ0v) is 18.5. The normalized spacial score (nSPS) is 14.8. The average molecular weight is 469 g/mol. The molecular weight excluding hydrogens is 447 g/mol. The molecule has 5 heterocycles. The molecule has 1 aliphatic heterocycles. The van der Waals surface area contributed by atoms with Gasteiger partial charge in [-0.25, -0.2) is 14.4 Å². The summed E-state index contributed by atoms with van der Waals surface area (Å²) in [4.78, 5) is 24.8. The van der Waals surface area contributed by atoms with Crippen LogP contribution in [0.4, 0.5) is 28.1 Å². The monoisotopic (exact) mass is 468 g/mol. The minimum absolute atomic E-state index is 0.337. The minimum Gasteiger partial charge on any atom is -0.378 e. The maximum atomic E-state index is 13.2. The number of morpholine rings is 1. The van der Waals surface area contributed by atoms with Gasteiger partial charge in [0.2, 0.25) is 17.8 Å². The molecular formula is C20H21FN10OS. The van der Waals surface area contributed by atoms with Crippen molar-refractivity contribution in [2.45, 2.75) is 13.0 Å². The molecule has 0 aliphatic carbocycles. The van der Waals surface area contributed by atoms with E-state index in [1.165, 1.54) is 0 Å². The highest BCUT2D eigenvalue weighted by atomic mass is 32.1. The Morgan fingerprint density at radius 1 is 1.15 bits per heavy atom. The summed E-state index contributed by atoms with van der Waals surface area (Å²) in [5.74, 6) is 1.70.